The van der Waals surface area contributed by atoms with Gasteiger partial charge in [-0.05, 0) is 48.2 Å². The molecule has 4 bridgehead atoms. The molecule has 1 saturated heterocycles. The van der Waals surface area contributed by atoms with E-state index in [1.54, 1.807) is 18.2 Å². The van der Waals surface area contributed by atoms with Gasteiger partial charge in [0.1, 0.15) is 11.9 Å². The number of nitrogens with one attached hydrogen (secondary N) is 2. The number of ether oxygens (including phenoxy) is 3. The van der Waals surface area contributed by atoms with Gasteiger partial charge in [-0.15, -0.1) is 0 Å². The third-order valence-electron chi connectivity index (χ3n) is 7.66. The largest absolute Gasteiger partial charge is 0.493 e. The Morgan fingerprint density at radius 2 is 1.87 bits per heavy atom. The average Bonchev–Trinajstić information content (AvgIpc) is 3.60. The molecule has 0 spiro atoms. The summed E-state index contributed by atoms with van der Waals surface area (Å²) in [5.41, 5.74) is 1.27. The van der Waals surface area contributed by atoms with Crippen molar-refractivity contribution < 1.29 is 28.6 Å². The summed E-state index contributed by atoms with van der Waals surface area (Å²) < 4.78 is 17.3. The van der Waals surface area contributed by atoms with Crippen LogP contribution in [-0.4, -0.2) is 61.6 Å². The average molecular weight is 522 g/mol. The lowest BCUT2D eigenvalue weighted by Gasteiger charge is -2.21. The number of hydrogen-bond donors (Lipinski definition) is 2. The van der Waals surface area contributed by atoms with Gasteiger partial charge in [0, 0.05) is 25.1 Å². The second kappa shape index (κ2) is 11.8. The minimum atomic E-state index is -0.399. The summed E-state index contributed by atoms with van der Waals surface area (Å²) in [6, 6.07) is 11.9. The molecule has 38 heavy (non-hydrogen) atoms. The van der Waals surface area contributed by atoms with Crippen molar-refractivity contribution in [3.05, 3.63) is 53.6 Å². The second-order valence-electron chi connectivity index (χ2n) is 10.3. The Morgan fingerprint density at radius 3 is 2.63 bits per heavy atom. The van der Waals surface area contributed by atoms with E-state index in [4.69, 9.17) is 14.2 Å². The highest BCUT2D eigenvalue weighted by molar-refractivity contribution is 5.95. The van der Waals surface area contributed by atoms with E-state index in [1.165, 1.54) is 32.8 Å². The lowest BCUT2D eigenvalue weighted by molar-refractivity contribution is -0.130. The smallest absolute Gasteiger partial charge is 0.258 e. The monoisotopic (exact) mass is 521 g/mol. The van der Waals surface area contributed by atoms with Crippen LogP contribution in [0.25, 0.3) is 0 Å². The maximum absolute atomic E-state index is 13.3. The van der Waals surface area contributed by atoms with Crippen LogP contribution in [0, 0.1) is 5.92 Å². The third kappa shape index (κ3) is 6.20. The van der Waals surface area contributed by atoms with E-state index in [9.17, 15) is 14.4 Å². The summed E-state index contributed by atoms with van der Waals surface area (Å²) in [6.07, 6.45) is 5.99. The molecule has 2 aromatic rings. The molecule has 2 fully saturated rings. The van der Waals surface area contributed by atoms with Gasteiger partial charge in [0.2, 0.25) is 5.91 Å². The lowest BCUT2D eigenvalue weighted by Crippen LogP contribution is -2.45. The fraction of sp³-hybridized carbons (Fsp3) is 0.483. The van der Waals surface area contributed by atoms with Crippen molar-refractivity contribution in [1.82, 2.24) is 15.5 Å². The fourth-order valence-corrected chi connectivity index (χ4v) is 5.46. The van der Waals surface area contributed by atoms with Crippen LogP contribution in [0.3, 0.4) is 0 Å². The third-order valence-corrected chi connectivity index (χ3v) is 7.66. The van der Waals surface area contributed by atoms with Gasteiger partial charge in [-0.3, -0.25) is 14.4 Å². The molecule has 0 unspecified atom stereocenters. The molecular weight excluding hydrogens is 486 g/mol. The first-order chi connectivity index (χ1) is 18.5. The van der Waals surface area contributed by atoms with E-state index in [-0.39, 0.29) is 30.4 Å². The molecule has 0 aromatic heterocycles. The predicted molar refractivity (Wildman–Crippen MR) is 140 cm³/mol. The first-order valence-corrected chi connectivity index (χ1v) is 13.4. The molecule has 2 atom stereocenters. The van der Waals surface area contributed by atoms with Crippen molar-refractivity contribution in [3.8, 4) is 17.2 Å². The minimum Gasteiger partial charge on any atom is -0.493 e. The number of amides is 3. The Balaban J connectivity index is 1.36. The number of hydrogen-bond acceptors (Lipinski definition) is 6. The molecule has 3 amide bonds. The Morgan fingerprint density at radius 1 is 1.08 bits per heavy atom. The van der Waals surface area contributed by atoms with E-state index in [0.717, 1.165) is 12.0 Å². The zero-order chi connectivity index (χ0) is 26.5. The molecule has 1 aliphatic carbocycles. The highest BCUT2D eigenvalue weighted by Gasteiger charge is 2.38. The number of rotatable bonds is 4. The summed E-state index contributed by atoms with van der Waals surface area (Å²) >= 11 is 0. The topological polar surface area (TPSA) is 106 Å². The van der Waals surface area contributed by atoms with Crippen LogP contribution in [0.15, 0.2) is 42.5 Å². The molecule has 9 heteroatoms. The molecule has 202 valence electrons. The maximum Gasteiger partial charge on any atom is 0.258 e. The second-order valence-corrected chi connectivity index (χ2v) is 10.3. The molecule has 2 aromatic carbocycles. The van der Waals surface area contributed by atoms with Gasteiger partial charge in [-0.1, -0.05) is 37.8 Å². The van der Waals surface area contributed by atoms with Crippen molar-refractivity contribution in [2.45, 2.75) is 57.2 Å². The number of methoxy groups -OCH3 is 1. The number of benzene rings is 2. The molecule has 3 aliphatic heterocycles. The Kier molecular flexibility index (Phi) is 8.00. The van der Waals surface area contributed by atoms with Crippen molar-refractivity contribution in [2.75, 3.05) is 26.8 Å². The first kappa shape index (κ1) is 25.9. The standard InChI is InChI=1S/C29H35N3O6/c1-36-24-12-9-21-14-25(24)37-18-27(33)30-15-20-6-10-22(11-7-20)38-26-17-32(16-23(26)31-29(21)35)28(34)13-8-19-4-2-3-5-19/h6-7,9-12,14,19,23,26H,2-5,8,13,15-18H2,1H3,(H,30,33)(H,31,35)/t23-,26-/m0/s1. The van der Waals surface area contributed by atoms with Crippen molar-refractivity contribution in [2.24, 2.45) is 5.92 Å². The molecule has 6 rings (SSSR count). The molecular formula is C29H35N3O6. The van der Waals surface area contributed by atoms with E-state index < -0.39 is 6.10 Å². The van der Waals surface area contributed by atoms with E-state index in [2.05, 4.69) is 10.6 Å². The van der Waals surface area contributed by atoms with Crippen LogP contribution >= 0.6 is 0 Å². The van der Waals surface area contributed by atoms with Crippen LogP contribution in [0.1, 0.15) is 54.4 Å². The van der Waals surface area contributed by atoms with E-state index >= 15 is 0 Å². The van der Waals surface area contributed by atoms with Gasteiger partial charge in [0.05, 0.1) is 19.7 Å². The number of nitrogens with zero attached hydrogens (tertiary/aromatic N) is 1. The summed E-state index contributed by atoms with van der Waals surface area (Å²) in [4.78, 5) is 40.5. The molecule has 3 heterocycles. The van der Waals surface area contributed by atoms with Crippen LogP contribution in [0.4, 0.5) is 0 Å². The van der Waals surface area contributed by atoms with Crippen molar-refractivity contribution in [1.29, 1.82) is 0 Å². The molecule has 2 N–H and O–H groups in total. The van der Waals surface area contributed by atoms with Gasteiger partial charge in [-0.2, -0.15) is 0 Å². The quantitative estimate of drug-likeness (QED) is 0.641. The maximum atomic E-state index is 13.3. The summed E-state index contributed by atoms with van der Waals surface area (Å²) in [5.74, 6) is 1.50. The molecule has 1 saturated carbocycles. The SMILES string of the molecule is COc1ccc2cc1OCC(=O)NCc1ccc(cc1)O[C@H]1CN(C(=O)CCC3CCCC3)C[C@@H]1NC2=O. The van der Waals surface area contributed by atoms with Gasteiger partial charge in [0.25, 0.3) is 11.8 Å². The van der Waals surface area contributed by atoms with Crippen LogP contribution in [0.5, 0.6) is 17.2 Å². The lowest BCUT2D eigenvalue weighted by atomic mass is 10.0. The minimum absolute atomic E-state index is 0.107. The Bertz CT molecular complexity index is 1160. The Hall–Kier alpha value is -3.75. The highest BCUT2D eigenvalue weighted by Crippen LogP contribution is 2.30. The summed E-state index contributed by atoms with van der Waals surface area (Å²) in [6.45, 7) is 0.916. The predicted octanol–water partition coefficient (Wildman–Crippen LogP) is 3.06. The van der Waals surface area contributed by atoms with Gasteiger partial charge >= 0.3 is 0 Å². The van der Waals surface area contributed by atoms with Crippen molar-refractivity contribution >= 4 is 17.7 Å². The van der Waals surface area contributed by atoms with Gasteiger partial charge < -0.3 is 29.7 Å². The zero-order valence-electron chi connectivity index (χ0n) is 21.7. The molecule has 9 nitrogen and oxygen atoms in total. The molecule has 4 aliphatic rings. The van der Waals surface area contributed by atoms with Gasteiger partial charge in [0.15, 0.2) is 18.1 Å². The fourth-order valence-electron chi connectivity index (χ4n) is 5.46. The van der Waals surface area contributed by atoms with Gasteiger partial charge in [-0.25, -0.2) is 0 Å². The normalized spacial score (nSPS) is 22.1. The zero-order valence-corrected chi connectivity index (χ0v) is 21.7. The van der Waals surface area contributed by atoms with E-state index in [1.807, 2.05) is 29.2 Å². The number of carbonyl (C=O) groups excluding carboxylic acids is 3. The summed E-state index contributed by atoms with van der Waals surface area (Å²) in [5, 5.41) is 5.89. The van der Waals surface area contributed by atoms with Crippen LogP contribution < -0.4 is 24.8 Å². The number of carbonyl (C=O) groups is 3. The van der Waals surface area contributed by atoms with Crippen LogP contribution in [-0.2, 0) is 16.1 Å². The highest BCUT2D eigenvalue weighted by atomic mass is 16.5. The van der Waals surface area contributed by atoms with Crippen molar-refractivity contribution in [3.63, 3.8) is 0 Å². The number of likely N-dealkylation sites (tertiary alicyclic amines) is 1. The van der Waals surface area contributed by atoms with E-state index in [0.29, 0.717) is 54.8 Å². The number of fused-ring (bicyclic) bond motifs is 7. The van der Waals surface area contributed by atoms with Crippen LogP contribution in [0.2, 0.25) is 0 Å². The summed E-state index contributed by atoms with van der Waals surface area (Å²) in [7, 11) is 1.50. The Labute approximate surface area is 222 Å². The molecule has 0 radical (unpaired) electrons. The first-order valence-electron chi connectivity index (χ1n) is 13.4.